The van der Waals surface area contributed by atoms with Gasteiger partial charge in [-0.1, -0.05) is 6.92 Å². The molecular weight excluding hydrogens is 180 g/mol. The van der Waals surface area contributed by atoms with E-state index in [4.69, 9.17) is 10.8 Å². The first-order valence-corrected chi connectivity index (χ1v) is 5.15. The number of carbonyl (C=O) groups is 1. The monoisotopic (exact) mass is 202 g/mol. The van der Waals surface area contributed by atoms with Crippen LogP contribution in [-0.4, -0.2) is 29.7 Å². The van der Waals surface area contributed by atoms with E-state index in [9.17, 15) is 4.79 Å². The van der Waals surface area contributed by atoms with Crippen LogP contribution >= 0.6 is 0 Å². The van der Waals surface area contributed by atoms with Crippen molar-refractivity contribution in [3.8, 4) is 0 Å². The van der Waals surface area contributed by atoms with Gasteiger partial charge in [0, 0.05) is 24.6 Å². The number of rotatable bonds is 6. The minimum atomic E-state index is -0.161. The highest BCUT2D eigenvalue weighted by molar-refractivity contribution is 5.79. The molecule has 4 N–H and O–H groups in total. The van der Waals surface area contributed by atoms with Gasteiger partial charge in [0.2, 0.25) is 5.91 Å². The van der Waals surface area contributed by atoms with Crippen LogP contribution in [-0.2, 0) is 4.79 Å². The standard InChI is InChI=1S/C10H22N2O2/c1-7(5-4-6-13)12-10(14)8(2)9(3)11/h7-9,13H,4-6,11H2,1-3H3,(H,12,14). The van der Waals surface area contributed by atoms with Crippen LogP contribution in [0.1, 0.15) is 33.6 Å². The van der Waals surface area contributed by atoms with Crippen LogP contribution in [0, 0.1) is 5.92 Å². The molecule has 0 spiro atoms. The first-order chi connectivity index (χ1) is 6.49. The highest BCUT2D eigenvalue weighted by atomic mass is 16.2. The predicted octanol–water partition coefficient (Wildman–Crippen LogP) is 0.247. The fraction of sp³-hybridized carbons (Fsp3) is 0.900. The van der Waals surface area contributed by atoms with Gasteiger partial charge in [-0.3, -0.25) is 4.79 Å². The molecule has 0 saturated carbocycles. The Morgan fingerprint density at radius 2 is 2.00 bits per heavy atom. The molecule has 0 bridgehead atoms. The third kappa shape index (κ3) is 5.19. The molecule has 0 aliphatic rings. The zero-order valence-corrected chi connectivity index (χ0v) is 9.29. The Hall–Kier alpha value is -0.610. The van der Waals surface area contributed by atoms with Crippen molar-refractivity contribution in [2.24, 2.45) is 11.7 Å². The molecule has 0 heterocycles. The summed E-state index contributed by atoms with van der Waals surface area (Å²) in [7, 11) is 0. The van der Waals surface area contributed by atoms with Crippen LogP contribution in [0.3, 0.4) is 0 Å². The molecule has 14 heavy (non-hydrogen) atoms. The Bertz CT molecular complexity index is 172. The quantitative estimate of drug-likeness (QED) is 0.578. The summed E-state index contributed by atoms with van der Waals surface area (Å²) in [6, 6.07) is -0.0177. The summed E-state index contributed by atoms with van der Waals surface area (Å²) in [5.41, 5.74) is 5.61. The van der Waals surface area contributed by atoms with E-state index in [1.165, 1.54) is 0 Å². The van der Waals surface area contributed by atoms with Crippen molar-refractivity contribution in [3.05, 3.63) is 0 Å². The first kappa shape index (κ1) is 13.4. The number of hydrogen-bond acceptors (Lipinski definition) is 3. The largest absolute Gasteiger partial charge is 0.396 e. The maximum absolute atomic E-state index is 11.5. The minimum absolute atomic E-state index is 0.00885. The van der Waals surface area contributed by atoms with Crippen LogP contribution in [0.25, 0.3) is 0 Å². The van der Waals surface area contributed by atoms with E-state index < -0.39 is 0 Å². The van der Waals surface area contributed by atoms with Crippen LogP contribution < -0.4 is 11.1 Å². The van der Waals surface area contributed by atoms with Gasteiger partial charge in [-0.15, -0.1) is 0 Å². The van der Waals surface area contributed by atoms with Gasteiger partial charge in [0.1, 0.15) is 0 Å². The van der Waals surface area contributed by atoms with E-state index in [1.807, 2.05) is 20.8 Å². The molecule has 0 saturated heterocycles. The second-order valence-electron chi connectivity index (χ2n) is 3.92. The second kappa shape index (κ2) is 6.79. The topological polar surface area (TPSA) is 75.3 Å². The number of aliphatic hydroxyl groups excluding tert-OH is 1. The Labute approximate surface area is 85.9 Å². The Morgan fingerprint density at radius 1 is 1.43 bits per heavy atom. The van der Waals surface area contributed by atoms with Gasteiger partial charge in [0.15, 0.2) is 0 Å². The van der Waals surface area contributed by atoms with Crippen molar-refractivity contribution in [1.82, 2.24) is 5.32 Å². The number of amides is 1. The number of nitrogens with two attached hydrogens (primary N) is 1. The second-order valence-corrected chi connectivity index (χ2v) is 3.92. The highest BCUT2D eigenvalue weighted by Crippen LogP contribution is 2.02. The van der Waals surface area contributed by atoms with Gasteiger partial charge in [-0.25, -0.2) is 0 Å². The third-order valence-corrected chi connectivity index (χ3v) is 2.39. The Morgan fingerprint density at radius 3 is 2.43 bits per heavy atom. The van der Waals surface area contributed by atoms with Gasteiger partial charge in [-0.2, -0.15) is 0 Å². The molecule has 84 valence electrons. The summed E-state index contributed by atoms with van der Waals surface area (Å²) >= 11 is 0. The molecule has 1 amide bonds. The van der Waals surface area contributed by atoms with E-state index in [0.717, 1.165) is 6.42 Å². The third-order valence-electron chi connectivity index (χ3n) is 2.39. The average molecular weight is 202 g/mol. The summed E-state index contributed by atoms with van der Waals surface area (Å²) in [5, 5.41) is 11.5. The smallest absolute Gasteiger partial charge is 0.224 e. The predicted molar refractivity (Wildman–Crippen MR) is 56.7 cm³/mol. The van der Waals surface area contributed by atoms with E-state index in [2.05, 4.69) is 5.32 Å². The average Bonchev–Trinajstić information content (AvgIpc) is 2.13. The van der Waals surface area contributed by atoms with Crippen LogP contribution in [0.15, 0.2) is 0 Å². The highest BCUT2D eigenvalue weighted by Gasteiger charge is 2.18. The van der Waals surface area contributed by atoms with Gasteiger partial charge in [-0.05, 0) is 26.7 Å². The molecule has 3 atom stereocenters. The molecule has 0 aliphatic heterocycles. The molecule has 0 radical (unpaired) electrons. The summed E-state index contributed by atoms with van der Waals surface area (Å²) in [6.07, 6.45) is 1.52. The van der Waals surface area contributed by atoms with Crippen LogP contribution in [0.4, 0.5) is 0 Å². The molecule has 4 heteroatoms. The van der Waals surface area contributed by atoms with E-state index >= 15 is 0 Å². The lowest BCUT2D eigenvalue weighted by atomic mass is 10.0. The van der Waals surface area contributed by atoms with Gasteiger partial charge in [0.25, 0.3) is 0 Å². The Kier molecular flexibility index (Phi) is 6.49. The van der Waals surface area contributed by atoms with Crippen molar-refractivity contribution in [3.63, 3.8) is 0 Å². The minimum Gasteiger partial charge on any atom is -0.396 e. The lowest BCUT2D eigenvalue weighted by molar-refractivity contribution is -0.125. The molecule has 3 unspecified atom stereocenters. The number of hydrogen-bond donors (Lipinski definition) is 3. The first-order valence-electron chi connectivity index (χ1n) is 5.15. The molecule has 0 rings (SSSR count). The van der Waals surface area contributed by atoms with Crippen molar-refractivity contribution in [2.45, 2.75) is 45.7 Å². The lowest BCUT2D eigenvalue weighted by Gasteiger charge is -2.19. The van der Waals surface area contributed by atoms with Crippen molar-refractivity contribution in [1.29, 1.82) is 0 Å². The van der Waals surface area contributed by atoms with E-state index in [0.29, 0.717) is 6.42 Å². The van der Waals surface area contributed by atoms with Crippen molar-refractivity contribution < 1.29 is 9.90 Å². The molecule has 4 nitrogen and oxygen atoms in total. The summed E-state index contributed by atoms with van der Waals surface area (Å²) in [6.45, 7) is 5.74. The molecule has 0 aliphatic carbocycles. The molecule has 0 aromatic carbocycles. The van der Waals surface area contributed by atoms with Crippen LogP contribution in [0.2, 0.25) is 0 Å². The van der Waals surface area contributed by atoms with Crippen LogP contribution in [0.5, 0.6) is 0 Å². The van der Waals surface area contributed by atoms with Crippen molar-refractivity contribution in [2.75, 3.05) is 6.61 Å². The lowest BCUT2D eigenvalue weighted by Crippen LogP contribution is -2.42. The number of nitrogens with one attached hydrogen (secondary N) is 1. The maximum Gasteiger partial charge on any atom is 0.224 e. The molecule has 0 aromatic heterocycles. The fourth-order valence-corrected chi connectivity index (χ4v) is 1.08. The number of carbonyl (C=O) groups excluding carboxylic acids is 1. The molecule has 0 fully saturated rings. The summed E-state index contributed by atoms with van der Waals surface area (Å²) in [5.74, 6) is -0.169. The van der Waals surface area contributed by atoms with Gasteiger partial charge < -0.3 is 16.2 Å². The zero-order valence-electron chi connectivity index (χ0n) is 9.29. The van der Waals surface area contributed by atoms with E-state index in [-0.39, 0.29) is 30.5 Å². The SMILES string of the molecule is CC(CCCO)NC(=O)C(C)C(C)N. The number of aliphatic hydroxyl groups is 1. The molecular formula is C10H22N2O2. The zero-order chi connectivity index (χ0) is 11.1. The fourth-order valence-electron chi connectivity index (χ4n) is 1.08. The van der Waals surface area contributed by atoms with Crippen molar-refractivity contribution >= 4 is 5.91 Å². The normalized spacial score (nSPS) is 17.2. The summed E-state index contributed by atoms with van der Waals surface area (Å²) < 4.78 is 0. The van der Waals surface area contributed by atoms with Gasteiger partial charge in [0.05, 0.1) is 0 Å². The Balaban J connectivity index is 3.81. The summed E-state index contributed by atoms with van der Waals surface area (Å²) in [4.78, 5) is 11.5. The molecule has 0 aromatic rings. The van der Waals surface area contributed by atoms with E-state index in [1.54, 1.807) is 0 Å². The maximum atomic E-state index is 11.5. The van der Waals surface area contributed by atoms with Gasteiger partial charge >= 0.3 is 0 Å².